The van der Waals surface area contributed by atoms with Gasteiger partial charge < -0.3 is 5.32 Å². The molecular weight excluding hydrogens is 245 g/mol. The van der Waals surface area contributed by atoms with Crippen molar-refractivity contribution in [3.63, 3.8) is 0 Å². The number of amides is 1. The number of rotatable bonds is 4. The number of hydrogen-bond donors (Lipinski definition) is 2. The molecule has 1 heterocycles. The molecule has 2 aromatic rings. The van der Waals surface area contributed by atoms with E-state index >= 15 is 0 Å². The topological polar surface area (TPSA) is 57.8 Å². The standard InChI is InChI=1S/C14H16FN3O/c1-9-7-12(15)4-3-11(9)5-6-16-14(19)13-8-17-18-10(13)2/h3-4,7-8H,5-6H2,1-2H3,(H,16,19)(H,17,18). The predicted molar refractivity (Wildman–Crippen MR) is 70.5 cm³/mol. The van der Waals surface area contributed by atoms with Crippen LogP contribution >= 0.6 is 0 Å². The SMILES string of the molecule is Cc1cc(F)ccc1CCNC(=O)c1cn[nH]c1C. The van der Waals surface area contributed by atoms with Crippen molar-refractivity contribution in [3.05, 3.63) is 52.6 Å². The number of nitrogens with one attached hydrogen (secondary N) is 2. The van der Waals surface area contributed by atoms with E-state index in [2.05, 4.69) is 15.5 Å². The average Bonchev–Trinajstić information content (AvgIpc) is 2.78. The lowest BCUT2D eigenvalue weighted by Gasteiger charge is -2.07. The second kappa shape index (κ2) is 5.65. The Morgan fingerprint density at radius 1 is 1.42 bits per heavy atom. The highest BCUT2D eigenvalue weighted by Gasteiger charge is 2.10. The third kappa shape index (κ3) is 3.19. The number of carbonyl (C=O) groups excluding carboxylic acids is 1. The minimum atomic E-state index is -0.237. The van der Waals surface area contributed by atoms with E-state index in [9.17, 15) is 9.18 Å². The molecule has 0 unspecified atom stereocenters. The highest BCUT2D eigenvalue weighted by Crippen LogP contribution is 2.10. The van der Waals surface area contributed by atoms with Crippen molar-refractivity contribution in [1.82, 2.24) is 15.5 Å². The van der Waals surface area contributed by atoms with Crippen LogP contribution in [0.15, 0.2) is 24.4 Å². The minimum absolute atomic E-state index is 0.147. The van der Waals surface area contributed by atoms with Gasteiger partial charge in [-0.25, -0.2) is 4.39 Å². The molecule has 0 aliphatic rings. The molecule has 0 saturated carbocycles. The van der Waals surface area contributed by atoms with Crippen LogP contribution in [-0.2, 0) is 6.42 Å². The number of aromatic amines is 1. The predicted octanol–water partition coefficient (Wildman–Crippen LogP) is 2.14. The number of hydrogen-bond acceptors (Lipinski definition) is 2. The maximum absolute atomic E-state index is 12.9. The number of benzene rings is 1. The average molecular weight is 261 g/mol. The van der Waals surface area contributed by atoms with E-state index in [1.807, 2.05) is 6.92 Å². The summed E-state index contributed by atoms with van der Waals surface area (Å²) in [6.07, 6.45) is 2.18. The van der Waals surface area contributed by atoms with Crippen molar-refractivity contribution in [1.29, 1.82) is 0 Å². The van der Waals surface area contributed by atoms with Crippen molar-refractivity contribution < 1.29 is 9.18 Å². The molecule has 0 fully saturated rings. The molecule has 0 atom stereocenters. The third-order valence-corrected chi connectivity index (χ3v) is 3.06. The molecule has 0 aliphatic heterocycles. The summed E-state index contributed by atoms with van der Waals surface area (Å²) in [5, 5.41) is 9.35. The Morgan fingerprint density at radius 2 is 2.21 bits per heavy atom. The van der Waals surface area contributed by atoms with Gasteiger partial charge in [-0.05, 0) is 43.5 Å². The van der Waals surface area contributed by atoms with Crippen LogP contribution < -0.4 is 5.32 Å². The maximum Gasteiger partial charge on any atom is 0.254 e. The number of nitrogens with zero attached hydrogens (tertiary/aromatic N) is 1. The lowest BCUT2D eigenvalue weighted by atomic mass is 10.1. The summed E-state index contributed by atoms with van der Waals surface area (Å²) in [6.45, 7) is 4.17. The number of aryl methyl sites for hydroxylation is 2. The largest absolute Gasteiger partial charge is 0.352 e. The summed E-state index contributed by atoms with van der Waals surface area (Å²) >= 11 is 0. The van der Waals surface area contributed by atoms with Gasteiger partial charge >= 0.3 is 0 Å². The molecule has 1 amide bonds. The first-order chi connectivity index (χ1) is 9.08. The lowest BCUT2D eigenvalue weighted by Crippen LogP contribution is -2.26. The molecular formula is C14H16FN3O. The van der Waals surface area contributed by atoms with Crippen LogP contribution in [0.5, 0.6) is 0 Å². The second-order valence-corrected chi connectivity index (χ2v) is 4.49. The molecule has 2 rings (SSSR count). The number of aromatic nitrogens is 2. The van der Waals surface area contributed by atoms with E-state index < -0.39 is 0 Å². The molecule has 2 N–H and O–H groups in total. The highest BCUT2D eigenvalue weighted by atomic mass is 19.1. The Balaban J connectivity index is 1.90. The molecule has 1 aromatic carbocycles. The fourth-order valence-corrected chi connectivity index (χ4v) is 1.93. The van der Waals surface area contributed by atoms with Gasteiger partial charge in [0.15, 0.2) is 0 Å². The molecule has 0 bridgehead atoms. The van der Waals surface area contributed by atoms with E-state index in [0.717, 1.165) is 16.8 Å². The van der Waals surface area contributed by atoms with Crippen molar-refractivity contribution in [2.24, 2.45) is 0 Å². The van der Waals surface area contributed by atoms with Gasteiger partial charge in [0, 0.05) is 12.2 Å². The molecule has 0 radical (unpaired) electrons. The van der Waals surface area contributed by atoms with Crippen LogP contribution in [-0.4, -0.2) is 22.6 Å². The van der Waals surface area contributed by atoms with Crippen LogP contribution in [0.3, 0.4) is 0 Å². The summed E-state index contributed by atoms with van der Waals surface area (Å²) in [7, 11) is 0. The van der Waals surface area contributed by atoms with Gasteiger partial charge in [0.2, 0.25) is 0 Å². The first kappa shape index (κ1) is 13.3. The van der Waals surface area contributed by atoms with Gasteiger partial charge in [-0.1, -0.05) is 6.07 Å². The Kier molecular flexibility index (Phi) is 3.94. The molecule has 1 aromatic heterocycles. The summed E-state index contributed by atoms with van der Waals surface area (Å²) in [6, 6.07) is 4.68. The van der Waals surface area contributed by atoms with Gasteiger partial charge in [0.25, 0.3) is 5.91 Å². The molecule has 4 nitrogen and oxygen atoms in total. The van der Waals surface area contributed by atoms with E-state index in [-0.39, 0.29) is 11.7 Å². The third-order valence-electron chi connectivity index (χ3n) is 3.06. The van der Waals surface area contributed by atoms with Crippen LogP contribution in [0.25, 0.3) is 0 Å². The zero-order chi connectivity index (χ0) is 13.8. The summed E-state index contributed by atoms with van der Waals surface area (Å²) in [5.74, 6) is -0.384. The fraction of sp³-hybridized carbons (Fsp3) is 0.286. The Hall–Kier alpha value is -2.17. The van der Waals surface area contributed by atoms with Gasteiger partial charge in [-0.15, -0.1) is 0 Å². The van der Waals surface area contributed by atoms with Crippen LogP contribution in [0.2, 0.25) is 0 Å². The highest BCUT2D eigenvalue weighted by molar-refractivity contribution is 5.94. The fourth-order valence-electron chi connectivity index (χ4n) is 1.93. The van der Waals surface area contributed by atoms with Gasteiger partial charge in [0.1, 0.15) is 5.82 Å². The molecule has 100 valence electrons. The van der Waals surface area contributed by atoms with Crippen molar-refractivity contribution in [2.45, 2.75) is 20.3 Å². The minimum Gasteiger partial charge on any atom is -0.352 e. The van der Waals surface area contributed by atoms with Gasteiger partial charge in [-0.2, -0.15) is 5.10 Å². The van der Waals surface area contributed by atoms with Crippen molar-refractivity contribution >= 4 is 5.91 Å². The van der Waals surface area contributed by atoms with Gasteiger partial charge in [-0.3, -0.25) is 9.89 Å². The summed E-state index contributed by atoms with van der Waals surface area (Å²) < 4.78 is 12.9. The Bertz CT molecular complexity index is 592. The quantitative estimate of drug-likeness (QED) is 0.886. The molecule has 0 spiro atoms. The van der Waals surface area contributed by atoms with Gasteiger partial charge in [0.05, 0.1) is 11.8 Å². The summed E-state index contributed by atoms with van der Waals surface area (Å²) in [5.41, 5.74) is 3.23. The zero-order valence-electron chi connectivity index (χ0n) is 11.0. The van der Waals surface area contributed by atoms with Crippen LogP contribution in [0, 0.1) is 19.7 Å². The number of carbonyl (C=O) groups is 1. The number of H-pyrrole nitrogens is 1. The molecule has 5 heteroatoms. The molecule has 0 aliphatic carbocycles. The monoisotopic (exact) mass is 261 g/mol. The first-order valence-electron chi connectivity index (χ1n) is 6.11. The first-order valence-corrected chi connectivity index (χ1v) is 6.11. The van der Waals surface area contributed by atoms with Crippen molar-refractivity contribution in [3.8, 4) is 0 Å². The molecule has 19 heavy (non-hydrogen) atoms. The Labute approximate surface area is 111 Å². The van der Waals surface area contributed by atoms with Crippen LogP contribution in [0.4, 0.5) is 4.39 Å². The Morgan fingerprint density at radius 3 is 2.84 bits per heavy atom. The van der Waals surface area contributed by atoms with Crippen molar-refractivity contribution in [2.75, 3.05) is 6.54 Å². The number of halogens is 1. The lowest BCUT2D eigenvalue weighted by molar-refractivity contribution is 0.0953. The maximum atomic E-state index is 12.9. The zero-order valence-corrected chi connectivity index (χ0v) is 11.0. The smallest absolute Gasteiger partial charge is 0.254 e. The second-order valence-electron chi connectivity index (χ2n) is 4.49. The van der Waals surface area contributed by atoms with E-state index in [1.165, 1.54) is 18.3 Å². The van der Waals surface area contributed by atoms with E-state index in [1.54, 1.807) is 13.0 Å². The summed E-state index contributed by atoms with van der Waals surface area (Å²) in [4.78, 5) is 11.8. The van der Waals surface area contributed by atoms with E-state index in [0.29, 0.717) is 18.5 Å². The van der Waals surface area contributed by atoms with Crippen LogP contribution in [0.1, 0.15) is 27.2 Å². The van der Waals surface area contributed by atoms with E-state index in [4.69, 9.17) is 0 Å². The normalized spacial score (nSPS) is 10.5. The molecule has 0 saturated heterocycles.